The summed E-state index contributed by atoms with van der Waals surface area (Å²) in [4.78, 5) is 16.3. The second-order valence-electron chi connectivity index (χ2n) is 7.17. The maximum absolute atomic E-state index is 12.2. The molecule has 0 radical (unpaired) electrons. The largest absolute Gasteiger partial charge is 0.491 e. The van der Waals surface area contributed by atoms with Gasteiger partial charge in [0.05, 0.1) is 12.3 Å². The summed E-state index contributed by atoms with van der Waals surface area (Å²) >= 11 is 0. The number of hydrogen-bond acceptors (Lipinski definition) is 4. The van der Waals surface area contributed by atoms with Crippen molar-refractivity contribution in [2.75, 3.05) is 37.7 Å². The van der Waals surface area contributed by atoms with E-state index in [2.05, 4.69) is 23.1 Å². The van der Waals surface area contributed by atoms with Gasteiger partial charge in [0.1, 0.15) is 11.4 Å². The van der Waals surface area contributed by atoms with Crippen molar-refractivity contribution in [3.63, 3.8) is 0 Å². The Labute approximate surface area is 138 Å². The minimum absolute atomic E-state index is 0.219. The monoisotopic (exact) mass is 318 g/mol. The average molecular weight is 318 g/mol. The molecule has 5 heteroatoms. The van der Waals surface area contributed by atoms with Gasteiger partial charge in [-0.15, -0.1) is 0 Å². The van der Waals surface area contributed by atoms with E-state index in [1.165, 1.54) is 5.56 Å². The van der Waals surface area contributed by atoms with Gasteiger partial charge < -0.3 is 19.3 Å². The summed E-state index contributed by atoms with van der Waals surface area (Å²) in [6.45, 7) is 9.45. The van der Waals surface area contributed by atoms with Crippen LogP contribution >= 0.6 is 0 Å². The summed E-state index contributed by atoms with van der Waals surface area (Å²) < 4.78 is 11.4. The van der Waals surface area contributed by atoms with Crippen LogP contribution in [-0.4, -0.2) is 49.4 Å². The molecule has 1 amide bonds. The number of carbonyl (C=O) groups is 1. The summed E-state index contributed by atoms with van der Waals surface area (Å²) in [5.74, 6) is 1.03. The lowest BCUT2D eigenvalue weighted by molar-refractivity contribution is 0.0240. The first kappa shape index (κ1) is 16.0. The van der Waals surface area contributed by atoms with Crippen LogP contribution in [0.1, 0.15) is 32.8 Å². The highest BCUT2D eigenvalue weighted by molar-refractivity contribution is 5.69. The molecule has 0 spiro atoms. The molecule has 1 aromatic carbocycles. The van der Waals surface area contributed by atoms with Crippen LogP contribution in [0, 0.1) is 0 Å². The molecular formula is C18H26N2O3. The summed E-state index contributed by atoms with van der Waals surface area (Å²) in [6.07, 6.45) is 1.95. The molecule has 0 atom stereocenters. The first-order valence-electron chi connectivity index (χ1n) is 8.41. The number of hydrogen-bond donors (Lipinski definition) is 0. The van der Waals surface area contributed by atoms with Gasteiger partial charge >= 0.3 is 6.09 Å². The quantitative estimate of drug-likeness (QED) is 0.798. The predicted octanol–water partition coefficient (Wildman–Crippen LogP) is 3.07. The summed E-state index contributed by atoms with van der Waals surface area (Å²) in [5.41, 5.74) is 2.01. The maximum Gasteiger partial charge on any atom is 0.410 e. The number of rotatable bonds is 1. The molecule has 0 unspecified atom stereocenters. The van der Waals surface area contributed by atoms with Gasteiger partial charge in [-0.3, -0.25) is 0 Å². The first-order valence-corrected chi connectivity index (χ1v) is 8.41. The van der Waals surface area contributed by atoms with E-state index < -0.39 is 5.60 Å². The molecule has 1 fully saturated rings. The average Bonchev–Trinajstić information content (AvgIpc) is 2.53. The highest BCUT2D eigenvalue weighted by Crippen LogP contribution is 2.35. The molecule has 5 nitrogen and oxygen atoms in total. The van der Waals surface area contributed by atoms with Gasteiger partial charge in [-0.2, -0.15) is 0 Å². The fourth-order valence-corrected chi connectivity index (χ4v) is 3.08. The predicted molar refractivity (Wildman–Crippen MR) is 90.3 cm³/mol. The van der Waals surface area contributed by atoms with Crippen LogP contribution in [0.2, 0.25) is 0 Å². The third-order valence-electron chi connectivity index (χ3n) is 4.18. The molecule has 0 saturated carbocycles. The molecule has 126 valence electrons. The van der Waals surface area contributed by atoms with Gasteiger partial charge in [0.15, 0.2) is 0 Å². The van der Waals surface area contributed by atoms with E-state index in [9.17, 15) is 4.79 Å². The van der Waals surface area contributed by atoms with Gasteiger partial charge in [-0.05, 0) is 45.2 Å². The lowest BCUT2D eigenvalue weighted by atomic mass is 10.0. The summed E-state index contributed by atoms with van der Waals surface area (Å²) in [7, 11) is 0. The van der Waals surface area contributed by atoms with Crippen LogP contribution in [0.3, 0.4) is 0 Å². The number of anilines is 1. The Hall–Kier alpha value is -1.91. The second kappa shape index (κ2) is 6.30. The minimum atomic E-state index is -0.444. The van der Waals surface area contributed by atoms with E-state index in [1.807, 2.05) is 20.8 Å². The molecule has 0 aliphatic carbocycles. The Kier molecular flexibility index (Phi) is 4.37. The fourth-order valence-electron chi connectivity index (χ4n) is 3.08. The highest BCUT2D eigenvalue weighted by Gasteiger charge is 2.27. The van der Waals surface area contributed by atoms with Crippen molar-refractivity contribution >= 4 is 11.8 Å². The number of carbonyl (C=O) groups excluding carboxylic acids is 1. The molecule has 2 heterocycles. The van der Waals surface area contributed by atoms with Crippen molar-refractivity contribution < 1.29 is 14.3 Å². The van der Waals surface area contributed by atoms with Gasteiger partial charge in [-0.25, -0.2) is 4.79 Å². The second-order valence-corrected chi connectivity index (χ2v) is 7.17. The van der Waals surface area contributed by atoms with E-state index in [4.69, 9.17) is 9.47 Å². The van der Waals surface area contributed by atoms with Gasteiger partial charge in [0.2, 0.25) is 0 Å². The Morgan fingerprint density at radius 1 is 1.17 bits per heavy atom. The third-order valence-corrected chi connectivity index (χ3v) is 4.18. The van der Waals surface area contributed by atoms with E-state index in [1.54, 1.807) is 4.90 Å². The van der Waals surface area contributed by atoms with Crippen molar-refractivity contribution in [2.45, 2.75) is 39.2 Å². The third kappa shape index (κ3) is 3.71. The topological polar surface area (TPSA) is 42.0 Å². The lowest BCUT2D eigenvalue weighted by Crippen LogP contribution is -2.50. The van der Waals surface area contributed by atoms with E-state index >= 15 is 0 Å². The van der Waals surface area contributed by atoms with Gasteiger partial charge in [-0.1, -0.05) is 12.1 Å². The van der Waals surface area contributed by atoms with E-state index in [0.29, 0.717) is 13.1 Å². The molecule has 1 saturated heterocycles. The van der Waals surface area contributed by atoms with Crippen LogP contribution in [0.25, 0.3) is 0 Å². The molecule has 0 N–H and O–H groups in total. The van der Waals surface area contributed by atoms with Crippen LogP contribution in [-0.2, 0) is 11.2 Å². The number of piperazine rings is 1. The van der Waals surface area contributed by atoms with Crippen molar-refractivity contribution in [1.82, 2.24) is 4.90 Å². The smallest absolute Gasteiger partial charge is 0.410 e. The maximum atomic E-state index is 12.2. The Bertz CT molecular complexity index is 572. The molecule has 0 aromatic heterocycles. The van der Waals surface area contributed by atoms with Crippen LogP contribution in [0.5, 0.6) is 5.75 Å². The highest BCUT2D eigenvalue weighted by atomic mass is 16.6. The first-order chi connectivity index (χ1) is 10.9. The van der Waals surface area contributed by atoms with Crippen molar-refractivity contribution in [3.05, 3.63) is 23.8 Å². The molecule has 0 bridgehead atoms. The zero-order valence-corrected chi connectivity index (χ0v) is 14.3. The van der Waals surface area contributed by atoms with Crippen molar-refractivity contribution in [2.24, 2.45) is 0 Å². The Balaban J connectivity index is 1.65. The van der Waals surface area contributed by atoms with Crippen LogP contribution in [0.4, 0.5) is 10.5 Å². The van der Waals surface area contributed by atoms with E-state index in [0.717, 1.165) is 44.0 Å². The SMILES string of the molecule is CC(C)(C)OC(=O)N1CCN(c2cccc3c2OCCC3)CC1. The van der Waals surface area contributed by atoms with Crippen molar-refractivity contribution in [1.29, 1.82) is 0 Å². The molecule has 23 heavy (non-hydrogen) atoms. The molecule has 2 aliphatic heterocycles. The number of ether oxygens (including phenoxy) is 2. The number of benzene rings is 1. The fraction of sp³-hybridized carbons (Fsp3) is 0.611. The number of amides is 1. The zero-order chi connectivity index (χ0) is 16.4. The van der Waals surface area contributed by atoms with Crippen molar-refractivity contribution in [3.8, 4) is 5.75 Å². The number of nitrogens with zero attached hydrogens (tertiary/aromatic N) is 2. The van der Waals surface area contributed by atoms with Gasteiger partial charge in [0, 0.05) is 26.2 Å². The Morgan fingerprint density at radius 2 is 1.91 bits per heavy atom. The van der Waals surface area contributed by atoms with E-state index in [-0.39, 0.29) is 6.09 Å². The normalized spacial score (nSPS) is 18.2. The molecule has 3 rings (SSSR count). The number of aryl methyl sites for hydroxylation is 1. The summed E-state index contributed by atoms with van der Waals surface area (Å²) in [6, 6.07) is 6.37. The molecule has 1 aromatic rings. The number of para-hydroxylation sites is 1. The molecular weight excluding hydrogens is 292 g/mol. The Morgan fingerprint density at radius 3 is 2.61 bits per heavy atom. The van der Waals surface area contributed by atoms with Gasteiger partial charge in [0.25, 0.3) is 0 Å². The number of fused-ring (bicyclic) bond motifs is 1. The van der Waals surface area contributed by atoms with Crippen LogP contribution in [0.15, 0.2) is 18.2 Å². The summed E-state index contributed by atoms with van der Waals surface area (Å²) in [5, 5.41) is 0. The zero-order valence-electron chi connectivity index (χ0n) is 14.3. The molecule has 2 aliphatic rings. The minimum Gasteiger partial charge on any atom is -0.491 e. The lowest BCUT2D eigenvalue weighted by Gasteiger charge is -2.38. The van der Waals surface area contributed by atoms with Crippen LogP contribution < -0.4 is 9.64 Å². The standard InChI is InChI=1S/C18H26N2O3/c1-18(2,3)23-17(21)20-11-9-19(10-12-20)15-8-4-6-14-7-5-13-22-16(14)15/h4,6,8H,5,7,9-13H2,1-3H3.